The van der Waals surface area contributed by atoms with Crippen LogP contribution < -0.4 is 16.2 Å². The predicted octanol–water partition coefficient (Wildman–Crippen LogP) is 2.33. The molecule has 1 amide bonds. The van der Waals surface area contributed by atoms with E-state index in [4.69, 9.17) is 11.5 Å². The summed E-state index contributed by atoms with van der Waals surface area (Å²) in [6.07, 6.45) is -4.84. The molecule has 110 valence electrons. The van der Waals surface area contributed by atoms with Crippen LogP contribution in [0.4, 0.5) is 18.9 Å². The molecule has 0 spiro atoms. The van der Waals surface area contributed by atoms with E-state index in [0.29, 0.717) is 0 Å². The molecule has 0 radical (unpaired) electrons. The molecule has 1 aromatic carbocycles. The Hall–Kier alpha value is -2.77. The molecule has 0 atom stereocenters. The third-order valence-corrected chi connectivity index (χ3v) is 2.55. The number of primary amides is 1. The average molecular weight is 297 g/mol. The Balaban J connectivity index is 2.52. The van der Waals surface area contributed by atoms with Crippen molar-refractivity contribution in [3.63, 3.8) is 0 Å². The summed E-state index contributed by atoms with van der Waals surface area (Å²) >= 11 is 0. The molecule has 1 aromatic heterocycles. The van der Waals surface area contributed by atoms with E-state index in [-0.39, 0.29) is 22.6 Å². The topological polar surface area (TPSA) is 91.2 Å². The average Bonchev–Trinajstić information content (AvgIpc) is 2.38. The molecule has 2 aromatic rings. The Morgan fingerprint density at radius 3 is 2.43 bits per heavy atom. The fourth-order valence-electron chi connectivity index (χ4n) is 1.71. The van der Waals surface area contributed by atoms with Crippen LogP contribution in [0.25, 0.3) is 11.3 Å². The fraction of sp³-hybridized carbons (Fsp3) is 0.0769. The summed E-state index contributed by atoms with van der Waals surface area (Å²) in [6.45, 7) is 0. The smallest absolute Gasteiger partial charge is 0.405 e. The zero-order chi connectivity index (χ0) is 15.6. The number of ether oxygens (including phenoxy) is 1. The summed E-state index contributed by atoms with van der Waals surface area (Å²) in [4.78, 5) is 15.1. The number of aromatic nitrogens is 1. The number of halogens is 3. The van der Waals surface area contributed by atoms with Gasteiger partial charge in [0.05, 0.1) is 11.4 Å². The number of carbonyl (C=O) groups is 1. The molecule has 0 saturated heterocycles. The second kappa shape index (κ2) is 5.31. The van der Waals surface area contributed by atoms with Crippen molar-refractivity contribution < 1.29 is 22.7 Å². The van der Waals surface area contributed by atoms with Crippen molar-refractivity contribution in [3.05, 3.63) is 42.1 Å². The summed E-state index contributed by atoms with van der Waals surface area (Å²) in [5, 5.41) is 0. The SMILES string of the molecule is NC(=O)c1nc(-c2ccccc2OC(F)(F)F)ccc1N. The largest absolute Gasteiger partial charge is 0.573 e. The number of anilines is 1. The lowest BCUT2D eigenvalue weighted by molar-refractivity contribution is -0.274. The summed E-state index contributed by atoms with van der Waals surface area (Å²) < 4.78 is 41.0. The third-order valence-electron chi connectivity index (χ3n) is 2.55. The van der Waals surface area contributed by atoms with Crippen molar-refractivity contribution in [2.24, 2.45) is 5.73 Å². The third kappa shape index (κ3) is 3.41. The summed E-state index contributed by atoms with van der Waals surface area (Å²) in [5.74, 6) is -1.30. The number of hydrogen-bond acceptors (Lipinski definition) is 4. The number of nitrogens with two attached hydrogens (primary N) is 2. The Bertz CT molecular complexity index is 687. The first-order chi connectivity index (χ1) is 9.78. The highest BCUT2D eigenvalue weighted by atomic mass is 19.4. The van der Waals surface area contributed by atoms with Gasteiger partial charge < -0.3 is 16.2 Å². The van der Waals surface area contributed by atoms with E-state index in [0.717, 1.165) is 6.07 Å². The van der Waals surface area contributed by atoms with Crippen molar-refractivity contribution in [3.8, 4) is 17.0 Å². The maximum atomic E-state index is 12.4. The first-order valence-electron chi connectivity index (χ1n) is 5.69. The molecular weight excluding hydrogens is 287 g/mol. The monoisotopic (exact) mass is 297 g/mol. The van der Waals surface area contributed by atoms with Gasteiger partial charge in [-0.15, -0.1) is 13.2 Å². The lowest BCUT2D eigenvalue weighted by Gasteiger charge is -2.13. The number of carbonyl (C=O) groups excluding carboxylic acids is 1. The van der Waals surface area contributed by atoms with E-state index in [2.05, 4.69) is 9.72 Å². The molecule has 1 heterocycles. The summed E-state index contributed by atoms with van der Waals surface area (Å²) in [6, 6.07) is 8.14. The Labute approximate surface area is 117 Å². The van der Waals surface area contributed by atoms with Gasteiger partial charge in [0.15, 0.2) is 5.69 Å². The highest BCUT2D eigenvalue weighted by molar-refractivity contribution is 5.96. The van der Waals surface area contributed by atoms with Gasteiger partial charge in [0.25, 0.3) is 5.91 Å². The molecule has 0 aliphatic rings. The van der Waals surface area contributed by atoms with Crippen LogP contribution in [0, 0.1) is 0 Å². The number of pyridine rings is 1. The van der Waals surface area contributed by atoms with Crippen LogP contribution >= 0.6 is 0 Å². The standard InChI is InChI=1S/C13H10F3N3O2/c14-13(15,16)21-10-4-2-1-3-7(10)9-6-5-8(17)11(19-9)12(18)20/h1-6H,17H2,(H2,18,20). The summed E-state index contributed by atoms with van der Waals surface area (Å²) in [5.41, 5.74) is 10.6. The molecular formula is C13H10F3N3O2. The summed E-state index contributed by atoms with van der Waals surface area (Å²) in [7, 11) is 0. The van der Waals surface area contributed by atoms with Crippen LogP contribution in [0.2, 0.25) is 0 Å². The van der Waals surface area contributed by atoms with Crippen LogP contribution in [0.5, 0.6) is 5.75 Å². The second-order valence-corrected chi connectivity index (χ2v) is 4.04. The maximum absolute atomic E-state index is 12.4. The molecule has 8 heteroatoms. The van der Waals surface area contributed by atoms with E-state index in [9.17, 15) is 18.0 Å². The van der Waals surface area contributed by atoms with Gasteiger partial charge in [-0.1, -0.05) is 12.1 Å². The molecule has 0 aliphatic heterocycles. The lowest BCUT2D eigenvalue weighted by Crippen LogP contribution is -2.18. The number of amides is 1. The van der Waals surface area contributed by atoms with Crippen LogP contribution in [0.1, 0.15) is 10.5 Å². The predicted molar refractivity (Wildman–Crippen MR) is 69.3 cm³/mol. The van der Waals surface area contributed by atoms with Crippen molar-refractivity contribution in [2.45, 2.75) is 6.36 Å². The number of nitrogen functional groups attached to an aromatic ring is 1. The number of rotatable bonds is 3. The Kier molecular flexibility index (Phi) is 3.70. The van der Waals surface area contributed by atoms with Crippen LogP contribution in [0.15, 0.2) is 36.4 Å². The molecule has 0 fully saturated rings. The van der Waals surface area contributed by atoms with Gasteiger partial charge in [-0.3, -0.25) is 4.79 Å². The molecule has 21 heavy (non-hydrogen) atoms. The van der Waals surface area contributed by atoms with Crippen molar-refractivity contribution in [1.82, 2.24) is 4.98 Å². The molecule has 0 aliphatic carbocycles. The Morgan fingerprint density at radius 2 is 1.81 bits per heavy atom. The minimum absolute atomic E-state index is 0.0421. The minimum atomic E-state index is -4.84. The number of nitrogens with zero attached hydrogens (tertiary/aromatic N) is 1. The highest BCUT2D eigenvalue weighted by Crippen LogP contribution is 2.33. The van der Waals surface area contributed by atoms with Gasteiger partial charge >= 0.3 is 6.36 Å². The van der Waals surface area contributed by atoms with Gasteiger partial charge in [0.1, 0.15) is 5.75 Å². The zero-order valence-electron chi connectivity index (χ0n) is 10.5. The van der Waals surface area contributed by atoms with E-state index in [1.807, 2.05) is 0 Å². The first-order valence-corrected chi connectivity index (χ1v) is 5.69. The van der Waals surface area contributed by atoms with Gasteiger partial charge in [-0.25, -0.2) is 4.98 Å². The molecule has 5 nitrogen and oxygen atoms in total. The fourth-order valence-corrected chi connectivity index (χ4v) is 1.71. The molecule has 4 N–H and O–H groups in total. The quantitative estimate of drug-likeness (QED) is 0.909. The molecule has 0 saturated carbocycles. The first kappa shape index (κ1) is 14.6. The highest BCUT2D eigenvalue weighted by Gasteiger charge is 2.32. The van der Waals surface area contributed by atoms with Gasteiger partial charge in [0, 0.05) is 5.56 Å². The van der Waals surface area contributed by atoms with Gasteiger partial charge in [-0.2, -0.15) is 0 Å². The van der Waals surface area contributed by atoms with Gasteiger partial charge in [0.2, 0.25) is 0 Å². The van der Waals surface area contributed by atoms with Crippen molar-refractivity contribution in [1.29, 1.82) is 0 Å². The van der Waals surface area contributed by atoms with Crippen molar-refractivity contribution in [2.75, 3.05) is 5.73 Å². The van der Waals surface area contributed by atoms with E-state index >= 15 is 0 Å². The van der Waals surface area contributed by atoms with Crippen LogP contribution in [0.3, 0.4) is 0 Å². The van der Waals surface area contributed by atoms with E-state index in [1.165, 1.54) is 30.3 Å². The normalized spacial score (nSPS) is 11.2. The van der Waals surface area contributed by atoms with Gasteiger partial charge in [-0.05, 0) is 24.3 Å². The van der Waals surface area contributed by atoms with Crippen LogP contribution in [-0.2, 0) is 0 Å². The van der Waals surface area contributed by atoms with Crippen LogP contribution in [-0.4, -0.2) is 17.3 Å². The lowest BCUT2D eigenvalue weighted by atomic mass is 10.1. The maximum Gasteiger partial charge on any atom is 0.573 e. The minimum Gasteiger partial charge on any atom is -0.405 e. The molecule has 0 bridgehead atoms. The number of alkyl halides is 3. The molecule has 0 unspecified atom stereocenters. The second-order valence-electron chi connectivity index (χ2n) is 4.04. The number of para-hydroxylation sites is 1. The zero-order valence-corrected chi connectivity index (χ0v) is 10.5. The Morgan fingerprint density at radius 1 is 1.14 bits per heavy atom. The molecule has 2 rings (SSSR count). The van der Waals surface area contributed by atoms with E-state index in [1.54, 1.807) is 0 Å². The number of hydrogen-bond donors (Lipinski definition) is 2. The number of benzene rings is 1. The van der Waals surface area contributed by atoms with Crippen molar-refractivity contribution >= 4 is 11.6 Å². The van der Waals surface area contributed by atoms with E-state index < -0.39 is 18.0 Å².